The highest BCUT2D eigenvalue weighted by molar-refractivity contribution is 6.29. The fraction of sp³-hybridized carbons (Fsp3) is 0.429. The summed E-state index contributed by atoms with van der Waals surface area (Å²) < 4.78 is 36.7. The van der Waals surface area contributed by atoms with Gasteiger partial charge in [0.15, 0.2) is 0 Å². The van der Waals surface area contributed by atoms with Crippen LogP contribution in [0.1, 0.15) is 6.42 Å². The fourth-order valence-electron chi connectivity index (χ4n) is 0.916. The number of halogens is 4. The maximum atomic E-state index is 12.2. The first-order valence-electron chi connectivity index (χ1n) is 3.25. The van der Waals surface area contributed by atoms with Crippen molar-refractivity contribution < 1.29 is 13.2 Å². The molecule has 0 heterocycles. The van der Waals surface area contributed by atoms with Crippen LogP contribution in [0.15, 0.2) is 23.3 Å². The van der Waals surface area contributed by atoms with Crippen molar-refractivity contribution in [3.8, 4) is 0 Å². The zero-order chi connectivity index (χ0) is 9.41. The van der Waals surface area contributed by atoms with E-state index in [1.54, 1.807) is 0 Å². The van der Waals surface area contributed by atoms with Gasteiger partial charge in [0.05, 0.1) is 0 Å². The quantitative estimate of drug-likeness (QED) is 0.634. The summed E-state index contributed by atoms with van der Waals surface area (Å²) in [6, 6.07) is 0. The van der Waals surface area contributed by atoms with Gasteiger partial charge in [0.25, 0.3) is 0 Å². The summed E-state index contributed by atoms with van der Waals surface area (Å²) in [5.74, 6) is 0. The van der Waals surface area contributed by atoms with Crippen molar-refractivity contribution in [2.75, 3.05) is 0 Å². The molecule has 1 rings (SSSR count). The van der Waals surface area contributed by atoms with E-state index in [2.05, 4.69) is 0 Å². The number of hydrogen-bond acceptors (Lipinski definition) is 1. The summed E-state index contributed by atoms with van der Waals surface area (Å²) in [5.41, 5.74) is 2.80. The van der Waals surface area contributed by atoms with Gasteiger partial charge in [0.2, 0.25) is 0 Å². The van der Waals surface area contributed by atoms with Crippen LogP contribution in [0.2, 0.25) is 0 Å². The highest BCUT2D eigenvalue weighted by Crippen LogP contribution is 2.37. The zero-order valence-electron chi connectivity index (χ0n) is 6.03. The molecule has 1 nitrogen and oxygen atoms in total. The molecule has 0 aliphatic heterocycles. The molecule has 0 bridgehead atoms. The lowest BCUT2D eigenvalue weighted by molar-refractivity contribution is -0.171. The Morgan fingerprint density at radius 1 is 1.50 bits per heavy atom. The highest BCUT2D eigenvalue weighted by atomic mass is 35.5. The van der Waals surface area contributed by atoms with E-state index in [-0.39, 0.29) is 11.5 Å². The van der Waals surface area contributed by atoms with Gasteiger partial charge in [-0.3, -0.25) is 0 Å². The van der Waals surface area contributed by atoms with Gasteiger partial charge >= 0.3 is 6.18 Å². The van der Waals surface area contributed by atoms with Gasteiger partial charge in [-0.05, 0) is 6.08 Å². The second kappa shape index (κ2) is 2.78. The van der Waals surface area contributed by atoms with Gasteiger partial charge in [0, 0.05) is 11.5 Å². The molecule has 0 radical (unpaired) electrons. The van der Waals surface area contributed by atoms with Gasteiger partial charge in [0.1, 0.15) is 5.54 Å². The van der Waals surface area contributed by atoms with Crippen LogP contribution < -0.4 is 5.73 Å². The van der Waals surface area contributed by atoms with Crippen molar-refractivity contribution in [3.63, 3.8) is 0 Å². The standard InChI is InChI=1S/C7H7ClF3N/c8-5-2-1-3-6(12,4-5)7(9,10)11/h1-3H,4,12H2. The third-order valence-corrected chi connectivity index (χ3v) is 1.92. The topological polar surface area (TPSA) is 26.0 Å². The van der Waals surface area contributed by atoms with E-state index in [0.717, 1.165) is 6.08 Å². The van der Waals surface area contributed by atoms with E-state index in [1.165, 1.54) is 12.2 Å². The number of allylic oxidation sites excluding steroid dienone is 2. The van der Waals surface area contributed by atoms with Crippen molar-refractivity contribution in [1.82, 2.24) is 0 Å². The maximum Gasteiger partial charge on any atom is 0.410 e. The minimum atomic E-state index is -4.45. The summed E-state index contributed by atoms with van der Waals surface area (Å²) in [4.78, 5) is 0. The van der Waals surface area contributed by atoms with E-state index in [0.29, 0.717) is 0 Å². The zero-order valence-corrected chi connectivity index (χ0v) is 6.78. The smallest absolute Gasteiger partial charge is 0.314 e. The second-order valence-corrected chi connectivity index (χ2v) is 3.17. The number of rotatable bonds is 0. The molecule has 0 saturated carbocycles. The van der Waals surface area contributed by atoms with Crippen molar-refractivity contribution >= 4 is 11.6 Å². The van der Waals surface area contributed by atoms with Gasteiger partial charge in [-0.2, -0.15) is 13.2 Å². The fourth-order valence-corrected chi connectivity index (χ4v) is 1.21. The Labute approximate surface area is 72.7 Å². The van der Waals surface area contributed by atoms with Crippen LogP contribution in [0.5, 0.6) is 0 Å². The molecule has 0 spiro atoms. The average molecular weight is 198 g/mol. The Bertz CT molecular complexity index is 244. The molecular formula is C7H7ClF3N. The monoisotopic (exact) mass is 197 g/mol. The maximum absolute atomic E-state index is 12.2. The SMILES string of the molecule is NC1(C(F)(F)F)C=CC=C(Cl)C1. The molecule has 0 fully saturated rings. The molecule has 1 atom stereocenters. The van der Waals surface area contributed by atoms with E-state index in [1.807, 2.05) is 0 Å². The normalized spacial score (nSPS) is 30.2. The van der Waals surface area contributed by atoms with E-state index >= 15 is 0 Å². The van der Waals surface area contributed by atoms with Crippen LogP contribution >= 0.6 is 11.6 Å². The lowest BCUT2D eigenvalue weighted by Crippen LogP contribution is -2.52. The minimum absolute atomic E-state index is 0.123. The molecule has 5 heteroatoms. The number of alkyl halides is 3. The summed E-state index contributed by atoms with van der Waals surface area (Å²) >= 11 is 5.44. The Kier molecular flexibility index (Phi) is 2.23. The predicted octanol–water partition coefficient (Wildman–Crippen LogP) is 2.33. The lowest BCUT2D eigenvalue weighted by atomic mass is 9.92. The Morgan fingerprint density at radius 3 is 2.42 bits per heavy atom. The summed E-state index contributed by atoms with van der Waals surface area (Å²) in [6.07, 6.45) is -1.29. The molecule has 0 aromatic carbocycles. The molecule has 1 aliphatic carbocycles. The Hall–Kier alpha value is -0.480. The molecule has 0 aromatic rings. The van der Waals surface area contributed by atoms with Crippen molar-refractivity contribution in [3.05, 3.63) is 23.3 Å². The molecule has 1 unspecified atom stereocenters. The number of nitrogens with two attached hydrogens (primary N) is 1. The first-order valence-corrected chi connectivity index (χ1v) is 3.62. The third kappa shape index (κ3) is 1.64. The van der Waals surface area contributed by atoms with Crippen molar-refractivity contribution in [2.24, 2.45) is 5.73 Å². The first kappa shape index (κ1) is 9.61. The molecule has 2 N–H and O–H groups in total. The van der Waals surface area contributed by atoms with E-state index < -0.39 is 11.7 Å². The summed E-state index contributed by atoms with van der Waals surface area (Å²) in [5, 5.41) is 0.123. The molecule has 1 aliphatic rings. The minimum Gasteiger partial charge on any atom is -0.314 e. The largest absolute Gasteiger partial charge is 0.410 e. The molecule has 0 aromatic heterocycles. The number of hydrogen-bond donors (Lipinski definition) is 1. The first-order chi connectivity index (χ1) is 5.35. The average Bonchev–Trinajstić information content (AvgIpc) is 1.83. The van der Waals surface area contributed by atoms with Crippen LogP contribution in [0.3, 0.4) is 0 Å². The van der Waals surface area contributed by atoms with Gasteiger partial charge in [-0.1, -0.05) is 23.8 Å². The Morgan fingerprint density at radius 2 is 2.08 bits per heavy atom. The third-order valence-electron chi connectivity index (χ3n) is 1.66. The molecular weight excluding hydrogens is 191 g/mol. The second-order valence-electron chi connectivity index (χ2n) is 2.69. The summed E-state index contributed by atoms with van der Waals surface area (Å²) in [6.45, 7) is 0. The van der Waals surface area contributed by atoms with E-state index in [4.69, 9.17) is 17.3 Å². The molecule has 0 amide bonds. The van der Waals surface area contributed by atoms with E-state index in [9.17, 15) is 13.2 Å². The van der Waals surface area contributed by atoms with Crippen LogP contribution in [0, 0.1) is 0 Å². The van der Waals surface area contributed by atoms with Crippen LogP contribution in [0.25, 0.3) is 0 Å². The van der Waals surface area contributed by atoms with Crippen molar-refractivity contribution in [2.45, 2.75) is 18.1 Å². The molecule has 12 heavy (non-hydrogen) atoms. The highest BCUT2D eigenvalue weighted by Gasteiger charge is 2.50. The van der Waals surface area contributed by atoms with Gasteiger partial charge in [-0.15, -0.1) is 0 Å². The van der Waals surface area contributed by atoms with Gasteiger partial charge < -0.3 is 5.73 Å². The van der Waals surface area contributed by atoms with Crippen LogP contribution in [-0.4, -0.2) is 11.7 Å². The van der Waals surface area contributed by atoms with Crippen LogP contribution in [-0.2, 0) is 0 Å². The van der Waals surface area contributed by atoms with Gasteiger partial charge in [-0.25, -0.2) is 0 Å². The lowest BCUT2D eigenvalue weighted by Gasteiger charge is -2.30. The summed E-state index contributed by atoms with van der Waals surface area (Å²) in [7, 11) is 0. The van der Waals surface area contributed by atoms with Crippen LogP contribution in [0.4, 0.5) is 13.2 Å². The Balaban J connectivity index is 2.90. The predicted molar refractivity (Wildman–Crippen MR) is 40.7 cm³/mol. The van der Waals surface area contributed by atoms with Crippen molar-refractivity contribution in [1.29, 1.82) is 0 Å². The molecule has 68 valence electrons. The molecule has 0 saturated heterocycles.